The Hall–Kier alpha value is -2.67. The van der Waals surface area contributed by atoms with E-state index in [2.05, 4.69) is 5.10 Å². The fraction of sp³-hybridized carbons (Fsp3) is 0.560. The van der Waals surface area contributed by atoms with Gasteiger partial charge in [-0.05, 0) is 43.2 Å². The smallest absolute Gasteiger partial charge is 0.274 e. The minimum Gasteiger partial charge on any atom is -0.372 e. The van der Waals surface area contributed by atoms with Gasteiger partial charge in [0.25, 0.3) is 5.91 Å². The number of aromatic nitrogens is 2. The molecule has 0 bridgehead atoms. The fourth-order valence-electron chi connectivity index (χ4n) is 5.18. The van der Waals surface area contributed by atoms with Crippen molar-refractivity contribution in [3.05, 3.63) is 42.1 Å². The molecule has 7 nitrogen and oxygen atoms in total. The Kier molecular flexibility index (Phi) is 5.76. The minimum absolute atomic E-state index is 0.0337. The number of piperidine rings is 1. The number of hydrogen-bond acceptors (Lipinski definition) is 4. The summed E-state index contributed by atoms with van der Waals surface area (Å²) in [4.78, 5) is 29.7. The first-order valence-corrected chi connectivity index (χ1v) is 11.8. The van der Waals surface area contributed by atoms with Crippen molar-refractivity contribution in [2.45, 2.75) is 44.1 Å². The van der Waals surface area contributed by atoms with Crippen molar-refractivity contribution in [3.8, 4) is 11.3 Å². The fourth-order valence-corrected chi connectivity index (χ4v) is 5.18. The van der Waals surface area contributed by atoms with E-state index in [1.165, 1.54) is 19.3 Å². The van der Waals surface area contributed by atoms with Crippen LogP contribution in [0, 0.1) is 5.92 Å². The molecule has 3 heterocycles. The maximum absolute atomic E-state index is 13.2. The number of rotatable bonds is 4. The highest BCUT2D eigenvalue weighted by atomic mass is 16.5. The van der Waals surface area contributed by atoms with Gasteiger partial charge in [-0.3, -0.25) is 14.3 Å². The van der Waals surface area contributed by atoms with Crippen LogP contribution < -0.4 is 0 Å². The average Bonchev–Trinajstić information content (AvgIpc) is 3.10. The molecule has 2 saturated heterocycles. The lowest BCUT2D eigenvalue weighted by Gasteiger charge is -2.43. The third-order valence-electron chi connectivity index (χ3n) is 7.39. The van der Waals surface area contributed by atoms with Gasteiger partial charge in [0, 0.05) is 33.2 Å². The van der Waals surface area contributed by atoms with Crippen LogP contribution in [0.5, 0.6) is 0 Å². The second kappa shape index (κ2) is 8.70. The molecular weight excluding hydrogens is 404 g/mol. The highest BCUT2D eigenvalue weighted by Gasteiger charge is 2.42. The van der Waals surface area contributed by atoms with Crippen molar-refractivity contribution in [2.24, 2.45) is 13.0 Å². The lowest BCUT2D eigenvalue weighted by molar-refractivity contribution is -0.133. The minimum atomic E-state index is -0.327. The molecule has 170 valence electrons. The van der Waals surface area contributed by atoms with Gasteiger partial charge >= 0.3 is 0 Å². The molecule has 0 N–H and O–H groups in total. The molecule has 3 fully saturated rings. The molecule has 2 aliphatic heterocycles. The second-order valence-electron chi connectivity index (χ2n) is 9.55. The van der Waals surface area contributed by atoms with Crippen LogP contribution in [0.15, 0.2) is 36.4 Å². The summed E-state index contributed by atoms with van der Waals surface area (Å²) >= 11 is 0. The monoisotopic (exact) mass is 436 g/mol. The molecule has 7 heteroatoms. The number of aryl methyl sites for hydroxylation is 1. The van der Waals surface area contributed by atoms with E-state index in [0.29, 0.717) is 44.3 Å². The summed E-state index contributed by atoms with van der Waals surface area (Å²) in [6.45, 7) is 3.26. The summed E-state index contributed by atoms with van der Waals surface area (Å²) < 4.78 is 8.03. The van der Waals surface area contributed by atoms with Crippen LogP contribution in [0.25, 0.3) is 11.3 Å². The van der Waals surface area contributed by atoms with Gasteiger partial charge in [-0.2, -0.15) is 5.10 Å². The third-order valence-corrected chi connectivity index (χ3v) is 7.39. The van der Waals surface area contributed by atoms with Gasteiger partial charge in [0.15, 0.2) is 5.69 Å². The maximum Gasteiger partial charge on any atom is 0.274 e. The average molecular weight is 437 g/mol. The molecule has 2 aromatic rings. The summed E-state index contributed by atoms with van der Waals surface area (Å²) in [5.41, 5.74) is 2.12. The van der Waals surface area contributed by atoms with E-state index < -0.39 is 0 Å². The first-order valence-electron chi connectivity index (χ1n) is 11.8. The predicted octanol–water partition coefficient (Wildman–Crippen LogP) is 3.11. The highest BCUT2D eigenvalue weighted by molar-refractivity contribution is 5.93. The van der Waals surface area contributed by atoms with Gasteiger partial charge in [-0.1, -0.05) is 36.8 Å². The van der Waals surface area contributed by atoms with E-state index in [-0.39, 0.29) is 17.4 Å². The second-order valence-corrected chi connectivity index (χ2v) is 9.55. The number of likely N-dealkylation sites (tertiary alicyclic amines) is 1. The topological polar surface area (TPSA) is 67.7 Å². The summed E-state index contributed by atoms with van der Waals surface area (Å²) in [7, 11) is 1.87. The summed E-state index contributed by atoms with van der Waals surface area (Å²) in [5.74, 6) is 0.835. The standard InChI is InChI=1S/C25H32N4O3/c1-27-22(20-8-3-2-4-9-20)16-21(26-27)24(31)28-13-11-25(12-14-28)18-29(17-19-6-5-7-19)23(30)10-15-32-25/h2-4,8-9,16,19H,5-7,10-15,17-18H2,1H3. The van der Waals surface area contributed by atoms with Gasteiger partial charge in [-0.15, -0.1) is 0 Å². The molecule has 1 aliphatic carbocycles. The Morgan fingerprint density at radius 2 is 1.94 bits per heavy atom. The van der Waals surface area contributed by atoms with Crippen molar-refractivity contribution in [1.82, 2.24) is 19.6 Å². The number of benzene rings is 1. The number of hydrogen-bond donors (Lipinski definition) is 0. The van der Waals surface area contributed by atoms with Crippen LogP contribution in [0.1, 0.15) is 49.0 Å². The Bertz CT molecular complexity index is 974. The zero-order valence-corrected chi connectivity index (χ0v) is 18.8. The van der Waals surface area contributed by atoms with Crippen molar-refractivity contribution in [1.29, 1.82) is 0 Å². The zero-order valence-electron chi connectivity index (χ0n) is 18.8. The van der Waals surface area contributed by atoms with Crippen molar-refractivity contribution < 1.29 is 14.3 Å². The van der Waals surface area contributed by atoms with E-state index >= 15 is 0 Å². The molecule has 32 heavy (non-hydrogen) atoms. The Morgan fingerprint density at radius 1 is 1.19 bits per heavy atom. The van der Waals surface area contributed by atoms with Crippen LogP contribution in [0.3, 0.4) is 0 Å². The zero-order chi connectivity index (χ0) is 22.1. The number of amides is 2. The summed E-state index contributed by atoms with van der Waals surface area (Å²) in [5, 5.41) is 4.49. The van der Waals surface area contributed by atoms with Gasteiger partial charge in [0.2, 0.25) is 5.91 Å². The van der Waals surface area contributed by atoms with E-state index in [1.54, 1.807) is 4.68 Å². The lowest BCUT2D eigenvalue weighted by Crippen LogP contribution is -2.53. The molecule has 0 unspecified atom stereocenters. The van der Waals surface area contributed by atoms with Crippen molar-refractivity contribution in [3.63, 3.8) is 0 Å². The van der Waals surface area contributed by atoms with Crippen LogP contribution in [-0.4, -0.2) is 69.8 Å². The molecular formula is C25H32N4O3. The summed E-state index contributed by atoms with van der Waals surface area (Å²) in [6.07, 6.45) is 5.72. The quantitative estimate of drug-likeness (QED) is 0.739. The number of carbonyl (C=O) groups is 2. The number of carbonyl (C=O) groups excluding carboxylic acids is 2. The predicted molar refractivity (Wildman–Crippen MR) is 121 cm³/mol. The normalized spacial score (nSPS) is 21.5. The Labute approximate surface area is 189 Å². The van der Waals surface area contributed by atoms with Crippen molar-refractivity contribution >= 4 is 11.8 Å². The molecule has 5 rings (SSSR count). The lowest BCUT2D eigenvalue weighted by atomic mass is 9.84. The Morgan fingerprint density at radius 3 is 2.62 bits per heavy atom. The van der Waals surface area contributed by atoms with Crippen LogP contribution in [0.2, 0.25) is 0 Å². The molecule has 1 spiro atoms. The summed E-state index contributed by atoms with van der Waals surface area (Å²) in [6, 6.07) is 11.9. The van der Waals surface area contributed by atoms with Crippen LogP contribution in [0.4, 0.5) is 0 Å². The van der Waals surface area contributed by atoms with Gasteiger partial charge < -0.3 is 14.5 Å². The third kappa shape index (κ3) is 4.18. The Balaban J connectivity index is 1.25. The molecule has 3 aliphatic rings. The van der Waals surface area contributed by atoms with E-state index in [4.69, 9.17) is 4.74 Å². The van der Waals surface area contributed by atoms with Crippen molar-refractivity contribution in [2.75, 3.05) is 32.8 Å². The molecule has 1 aromatic carbocycles. The molecule has 0 atom stereocenters. The molecule has 0 radical (unpaired) electrons. The number of nitrogens with zero attached hydrogens (tertiary/aromatic N) is 4. The first-order chi connectivity index (χ1) is 15.5. The molecule has 1 aromatic heterocycles. The van der Waals surface area contributed by atoms with Gasteiger partial charge in [0.1, 0.15) is 0 Å². The van der Waals surface area contributed by atoms with Crippen LogP contribution >= 0.6 is 0 Å². The van der Waals surface area contributed by atoms with E-state index in [9.17, 15) is 9.59 Å². The van der Waals surface area contributed by atoms with Crippen LogP contribution in [-0.2, 0) is 16.6 Å². The SMILES string of the molecule is Cn1nc(C(=O)N2CCC3(CC2)CN(CC2CCC2)C(=O)CCO3)cc1-c1ccccc1. The first kappa shape index (κ1) is 21.2. The van der Waals surface area contributed by atoms with E-state index in [0.717, 1.165) is 30.6 Å². The molecule has 2 amide bonds. The highest BCUT2D eigenvalue weighted by Crippen LogP contribution is 2.33. The largest absolute Gasteiger partial charge is 0.372 e. The number of ether oxygens (including phenoxy) is 1. The van der Waals surface area contributed by atoms with E-state index in [1.807, 2.05) is 53.2 Å². The molecule has 1 saturated carbocycles. The van der Waals surface area contributed by atoms with Gasteiger partial charge in [-0.25, -0.2) is 0 Å². The van der Waals surface area contributed by atoms with Gasteiger partial charge in [0.05, 0.1) is 24.3 Å². The maximum atomic E-state index is 13.2.